The Bertz CT molecular complexity index is 186. The molecule has 0 amide bonds. The minimum Gasteiger partial charge on any atom is -0.376 e. The Hall–Kier alpha value is -0.120. The largest absolute Gasteiger partial charge is 0.376 e. The number of nitrogens with zero attached hydrogens (tertiary/aromatic N) is 1. The number of piperidine rings is 1. The van der Waals surface area contributed by atoms with E-state index in [-0.39, 0.29) is 0 Å². The van der Waals surface area contributed by atoms with Gasteiger partial charge < -0.3 is 10.1 Å². The van der Waals surface area contributed by atoms with E-state index in [1.807, 2.05) is 0 Å². The van der Waals surface area contributed by atoms with E-state index < -0.39 is 0 Å². The molecule has 82 valence electrons. The van der Waals surface area contributed by atoms with Crippen LogP contribution in [0.15, 0.2) is 0 Å². The molecule has 0 spiro atoms. The summed E-state index contributed by atoms with van der Waals surface area (Å²) in [6, 6.07) is 0.732. The van der Waals surface area contributed by atoms with E-state index in [1.54, 1.807) is 0 Å². The van der Waals surface area contributed by atoms with Crippen LogP contribution in [0.4, 0.5) is 0 Å². The van der Waals surface area contributed by atoms with Crippen LogP contribution >= 0.6 is 0 Å². The lowest BCUT2D eigenvalue weighted by Crippen LogP contribution is -2.55. The molecule has 0 aliphatic carbocycles. The van der Waals surface area contributed by atoms with Crippen LogP contribution in [0.5, 0.6) is 0 Å². The smallest absolute Gasteiger partial charge is 0.0674 e. The molecule has 14 heavy (non-hydrogen) atoms. The first kappa shape index (κ1) is 10.4. The van der Waals surface area contributed by atoms with E-state index in [0.29, 0.717) is 6.10 Å². The summed E-state index contributed by atoms with van der Waals surface area (Å²) in [5.41, 5.74) is 0. The van der Waals surface area contributed by atoms with Gasteiger partial charge in [-0.25, -0.2) is 0 Å². The maximum Gasteiger partial charge on any atom is 0.0674 e. The molecule has 2 fully saturated rings. The van der Waals surface area contributed by atoms with Gasteiger partial charge in [0.1, 0.15) is 0 Å². The van der Waals surface area contributed by atoms with Crippen molar-refractivity contribution in [2.75, 3.05) is 32.8 Å². The zero-order chi connectivity index (χ0) is 9.97. The van der Waals surface area contributed by atoms with Crippen LogP contribution in [0.3, 0.4) is 0 Å². The molecule has 0 bridgehead atoms. The van der Waals surface area contributed by atoms with Crippen molar-refractivity contribution in [1.29, 1.82) is 0 Å². The SMILES string of the molecule is CC1CN(C2CNCCC2C)CCO1. The van der Waals surface area contributed by atoms with Crippen LogP contribution in [0.1, 0.15) is 20.3 Å². The number of ether oxygens (including phenoxy) is 1. The van der Waals surface area contributed by atoms with E-state index in [2.05, 4.69) is 24.1 Å². The minimum absolute atomic E-state index is 0.415. The summed E-state index contributed by atoms with van der Waals surface area (Å²) in [7, 11) is 0. The van der Waals surface area contributed by atoms with Crippen molar-refractivity contribution in [3.05, 3.63) is 0 Å². The van der Waals surface area contributed by atoms with Gasteiger partial charge in [-0.3, -0.25) is 4.90 Å². The zero-order valence-electron chi connectivity index (χ0n) is 9.33. The maximum atomic E-state index is 5.57. The van der Waals surface area contributed by atoms with E-state index in [1.165, 1.54) is 13.0 Å². The molecule has 2 saturated heterocycles. The molecule has 3 unspecified atom stereocenters. The summed E-state index contributed by atoms with van der Waals surface area (Å²) in [6.07, 6.45) is 1.73. The number of rotatable bonds is 1. The van der Waals surface area contributed by atoms with Gasteiger partial charge in [0.25, 0.3) is 0 Å². The van der Waals surface area contributed by atoms with Crippen LogP contribution in [0, 0.1) is 5.92 Å². The van der Waals surface area contributed by atoms with Crippen LogP contribution < -0.4 is 5.32 Å². The number of morpholine rings is 1. The molecule has 0 saturated carbocycles. The lowest BCUT2D eigenvalue weighted by atomic mass is 9.93. The molecule has 2 aliphatic heterocycles. The van der Waals surface area contributed by atoms with Crippen molar-refractivity contribution in [1.82, 2.24) is 10.2 Å². The van der Waals surface area contributed by atoms with Gasteiger partial charge in [0.05, 0.1) is 12.7 Å². The predicted octanol–water partition coefficient (Wildman–Crippen LogP) is 0.705. The Morgan fingerprint density at radius 1 is 1.36 bits per heavy atom. The van der Waals surface area contributed by atoms with Crippen molar-refractivity contribution < 1.29 is 4.74 Å². The monoisotopic (exact) mass is 198 g/mol. The molecule has 3 heteroatoms. The van der Waals surface area contributed by atoms with Crippen molar-refractivity contribution in [2.45, 2.75) is 32.4 Å². The molecule has 1 N–H and O–H groups in total. The van der Waals surface area contributed by atoms with Gasteiger partial charge in [-0.15, -0.1) is 0 Å². The first-order valence-electron chi connectivity index (χ1n) is 5.83. The lowest BCUT2D eigenvalue weighted by Gasteiger charge is -2.42. The zero-order valence-corrected chi connectivity index (χ0v) is 9.33. The number of hydrogen-bond donors (Lipinski definition) is 1. The molecule has 2 rings (SSSR count). The Morgan fingerprint density at radius 3 is 2.93 bits per heavy atom. The highest BCUT2D eigenvalue weighted by molar-refractivity contribution is 4.85. The van der Waals surface area contributed by atoms with Crippen LogP contribution in [-0.2, 0) is 4.74 Å². The summed E-state index contributed by atoms with van der Waals surface area (Å²) in [4.78, 5) is 2.60. The molecule has 2 aliphatic rings. The van der Waals surface area contributed by atoms with Crippen molar-refractivity contribution in [3.63, 3.8) is 0 Å². The molecule has 0 aromatic rings. The molecular formula is C11H22N2O. The van der Waals surface area contributed by atoms with Crippen LogP contribution in [0.2, 0.25) is 0 Å². The number of hydrogen-bond acceptors (Lipinski definition) is 3. The molecule has 0 radical (unpaired) electrons. The van der Waals surface area contributed by atoms with E-state index in [0.717, 1.165) is 38.2 Å². The van der Waals surface area contributed by atoms with E-state index in [4.69, 9.17) is 4.74 Å². The molecule has 0 aromatic carbocycles. The van der Waals surface area contributed by atoms with Crippen molar-refractivity contribution in [2.24, 2.45) is 5.92 Å². The fraction of sp³-hybridized carbons (Fsp3) is 1.00. The minimum atomic E-state index is 0.415. The standard InChI is InChI=1S/C11H22N2O/c1-9-3-4-12-7-11(9)13-5-6-14-10(2)8-13/h9-12H,3-8H2,1-2H3. The normalized spacial score (nSPS) is 41.1. The Morgan fingerprint density at radius 2 is 2.21 bits per heavy atom. The molecular weight excluding hydrogens is 176 g/mol. The van der Waals surface area contributed by atoms with Crippen molar-refractivity contribution >= 4 is 0 Å². The van der Waals surface area contributed by atoms with Gasteiger partial charge in [0.15, 0.2) is 0 Å². The fourth-order valence-electron chi connectivity index (χ4n) is 2.61. The second kappa shape index (κ2) is 4.60. The van der Waals surface area contributed by atoms with Gasteiger partial charge in [-0.05, 0) is 25.8 Å². The van der Waals surface area contributed by atoms with E-state index in [9.17, 15) is 0 Å². The highest BCUT2D eigenvalue weighted by Crippen LogP contribution is 2.19. The van der Waals surface area contributed by atoms with Gasteiger partial charge in [0.2, 0.25) is 0 Å². The predicted molar refractivity (Wildman–Crippen MR) is 57.4 cm³/mol. The quantitative estimate of drug-likeness (QED) is 0.671. The second-order valence-electron chi connectivity index (χ2n) is 4.71. The third-order valence-corrected chi connectivity index (χ3v) is 3.53. The Labute approximate surface area is 86.8 Å². The first-order chi connectivity index (χ1) is 6.77. The lowest BCUT2D eigenvalue weighted by molar-refractivity contribution is -0.0453. The average molecular weight is 198 g/mol. The fourth-order valence-corrected chi connectivity index (χ4v) is 2.61. The summed E-state index contributed by atoms with van der Waals surface area (Å²) in [5.74, 6) is 0.835. The highest BCUT2D eigenvalue weighted by Gasteiger charge is 2.29. The van der Waals surface area contributed by atoms with Gasteiger partial charge >= 0.3 is 0 Å². The van der Waals surface area contributed by atoms with Crippen LogP contribution in [0.25, 0.3) is 0 Å². The highest BCUT2D eigenvalue weighted by atomic mass is 16.5. The average Bonchev–Trinajstić information content (AvgIpc) is 2.18. The molecule has 3 nitrogen and oxygen atoms in total. The molecule has 0 aromatic heterocycles. The Balaban J connectivity index is 1.91. The maximum absolute atomic E-state index is 5.57. The Kier molecular flexibility index (Phi) is 3.42. The summed E-state index contributed by atoms with van der Waals surface area (Å²) >= 11 is 0. The van der Waals surface area contributed by atoms with Crippen LogP contribution in [-0.4, -0.2) is 49.8 Å². The van der Waals surface area contributed by atoms with Gasteiger partial charge in [-0.2, -0.15) is 0 Å². The summed E-state index contributed by atoms with van der Waals surface area (Å²) in [5, 5.41) is 3.49. The summed E-state index contributed by atoms with van der Waals surface area (Å²) in [6.45, 7) is 10.0. The molecule has 2 heterocycles. The summed E-state index contributed by atoms with van der Waals surface area (Å²) < 4.78 is 5.57. The third-order valence-electron chi connectivity index (χ3n) is 3.53. The number of nitrogens with one attached hydrogen (secondary N) is 1. The second-order valence-corrected chi connectivity index (χ2v) is 4.71. The van der Waals surface area contributed by atoms with Crippen molar-refractivity contribution in [3.8, 4) is 0 Å². The molecule has 3 atom stereocenters. The first-order valence-corrected chi connectivity index (χ1v) is 5.83. The van der Waals surface area contributed by atoms with Gasteiger partial charge in [-0.1, -0.05) is 6.92 Å². The topological polar surface area (TPSA) is 24.5 Å². The van der Waals surface area contributed by atoms with Gasteiger partial charge in [0, 0.05) is 25.7 Å². The third kappa shape index (κ3) is 2.27. The van der Waals surface area contributed by atoms with E-state index >= 15 is 0 Å².